The van der Waals surface area contributed by atoms with Gasteiger partial charge in [0.25, 0.3) is 0 Å². The molecule has 0 atom stereocenters. The third-order valence-corrected chi connectivity index (χ3v) is 7.19. The Labute approximate surface area is 205 Å². The lowest BCUT2D eigenvalue weighted by Crippen LogP contribution is -3.00. The minimum atomic E-state index is 0. The lowest BCUT2D eigenvalue weighted by Gasteiger charge is -2.40. The summed E-state index contributed by atoms with van der Waals surface area (Å²) < 4.78 is 1.47. The van der Waals surface area contributed by atoms with Crippen molar-refractivity contribution in [3.05, 3.63) is 0 Å². The Morgan fingerprint density at radius 1 is 0.290 bits per heavy atom. The molecule has 0 saturated heterocycles. The van der Waals surface area contributed by atoms with E-state index >= 15 is 0 Å². The number of halogens is 1. The van der Waals surface area contributed by atoms with Gasteiger partial charge in [-0.1, -0.05) is 111 Å². The van der Waals surface area contributed by atoms with Gasteiger partial charge in [-0.3, -0.25) is 0 Å². The van der Waals surface area contributed by atoms with Crippen LogP contribution in [0, 0.1) is 0 Å². The van der Waals surface area contributed by atoms with Crippen LogP contribution >= 0.6 is 0 Å². The predicted octanol–water partition coefficient (Wildman–Crippen LogP) is 7.08. The maximum absolute atomic E-state index is 2.34. The van der Waals surface area contributed by atoms with Gasteiger partial charge in [-0.25, -0.2) is 0 Å². The van der Waals surface area contributed by atoms with Crippen LogP contribution in [0.25, 0.3) is 0 Å². The van der Waals surface area contributed by atoms with E-state index in [0.717, 1.165) is 0 Å². The van der Waals surface area contributed by atoms with Gasteiger partial charge < -0.3 is 16.9 Å². The van der Waals surface area contributed by atoms with E-state index in [0.29, 0.717) is 0 Å². The molecule has 0 bridgehead atoms. The maximum Gasteiger partial charge on any atom is 0.0786 e. The molecule has 1 nitrogen and oxygen atoms in total. The molecule has 0 saturated carbocycles. The molecule has 0 heterocycles. The number of rotatable bonds is 25. The van der Waals surface area contributed by atoms with Gasteiger partial charge in [-0.2, -0.15) is 0 Å². The zero-order valence-corrected chi connectivity index (χ0v) is 23.3. The van der Waals surface area contributed by atoms with Crippen molar-refractivity contribution in [2.75, 3.05) is 26.2 Å². The quantitative estimate of drug-likeness (QED) is 0.101. The van der Waals surface area contributed by atoms with Crippen molar-refractivity contribution in [3.63, 3.8) is 0 Å². The van der Waals surface area contributed by atoms with E-state index in [1.165, 1.54) is 165 Å². The molecular weight excluding hydrogens is 398 g/mol. The highest BCUT2D eigenvalue weighted by atomic mass is 35.5. The Morgan fingerprint density at radius 2 is 0.484 bits per heavy atom. The summed E-state index contributed by atoms with van der Waals surface area (Å²) >= 11 is 0. The summed E-state index contributed by atoms with van der Waals surface area (Å²) in [5.41, 5.74) is 0. The SMILES string of the molecule is CCCCCCCC[N+](CCCCCCC)(CCCCCCC)CCCCCCC.[Cl-]. The van der Waals surface area contributed by atoms with Crippen molar-refractivity contribution < 1.29 is 16.9 Å². The second-order valence-electron chi connectivity index (χ2n) is 10.2. The summed E-state index contributed by atoms with van der Waals surface area (Å²) in [5.74, 6) is 0. The van der Waals surface area contributed by atoms with Crippen LogP contribution in [0.4, 0.5) is 0 Å². The first kappa shape index (κ1) is 33.4. The molecule has 0 fully saturated rings. The molecule has 0 aliphatic rings. The van der Waals surface area contributed by atoms with Gasteiger partial charge in [0.1, 0.15) is 0 Å². The molecule has 0 spiro atoms. The number of quaternary nitrogens is 1. The van der Waals surface area contributed by atoms with Crippen molar-refractivity contribution in [1.82, 2.24) is 0 Å². The molecule has 0 aromatic heterocycles. The Balaban J connectivity index is 0. The van der Waals surface area contributed by atoms with Crippen molar-refractivity contribution in [1.29, 1.82) is 0 Å². The number of unbranched alkanes of at least 4 members (excludes halogenated alkanes) is 17. The van der Waals surface area contributed by atoms with E-state index in [9.17, 15) is 0 Å². The van der Waals surface area contributed by atoms with E-state index in [1.54, 1.807) is 0 Å². The lowest BCUT2D eigenvalue weighted by molar-refractivity contribution is -0.929. The van der Waals surface area contributed by atoms with Crippen LogP contribution in [0.3, 0.4) is 0 Å². The van der Waals surface area contributed by atoms with Gasteiger partial charge >= 0.3 is 0 Å². The van der Waals surface area contributed by atoms with Crippen molar-refractivity contribution in [2.24, 2.45) is 0 Å². The van der Waals surface area contributed by atoms with Crippen LogP contribution in [0.5, 0.6) is 0 Å². The van der Waals surface area contributed by atoms with E-state index in [4.69, 9.17) is 0 Å². The molecule has 0 amide bonds. The minimum absolute atomic E-state index is 0. The fourth-order valence-electron chi connectivity index (χ4n) is 5.05. The molecule has 0 N–H and O–H groups in total. The highest BCUT2D eigenvalue weighted by Crippen LogP contribution is 2.20. The van der Waals surface area contributed by atoms with Crippen molar-refractivity contribution in [3.8, 4) is 0 Å². The second kappa shape index (κ2) is 26.5. The molecule has 0 unspecified atom stereocenters. The largest absolute Gasteiger partial charge is 1.00 e. The van der Waals surface area contributed by atoms with Crippen LogP contribution in [-0.2, 0) is 0 Å². The number of nitrogens with zero attached hydrogens (tertiary/aromatic N) is 1. The van der Waals surface area contributed by atoms with E-state index < -0.39 is 0 Å². The smallest absolute Gasteiger partial charge is 0.0786 e. The fourth-order valence-corrected chi connectivity index (χ4v) is 5.05. The Bertz CT molecular complexity index is 282. The Morgan fingerprint density at radius 3 is 0.710 bits per heavy atom. The molecule has 2 heteroatoms. The van der Waals surface area contributed by atoms with Gasteiger partial charge in [0, 0.05) is 0 Å². The van der Waals surface area contributed by atoms with E-state index in [-0.39, 0.29) is 12.4 Å². The fraction of sp³-hybridized carbons (Fsp3) is 1.00. The molecule has 0 aliphatic heterocycles. The molecule has 0 radical (unpaired) electrons. The summed E-state index contributed by atoms with van der Waals surface area (Å²) in [5, 5.41) is 0. The molecule has 190 valence electrons. The van der Waals surface area contributed by atoms with Gasteiger partial charge in [0.05, 0.1) is 26.2 Å². The van der Waals surface area contributed by atoms with Crippen LogP contribution in [0.15, 0.2) is 0 Å². The van der Waals surface area contributed by atoms with Crippen LogP contribution in [-0.4, -0.2) is 30.7 Å². The lowest BCUT2D eigenvalue weighted by atomic mass is 10.1. The third-order valence-electron chi connectivity index (χ3n) is 7.19. The minimum Gasteiger partial charge on any atom is -1.00 e. The topological polar surface area (TPSA) is 0 Å². The third kappa shape index (κ3) is 21.8. The highest BCUT2D eigenvalue weighted by Gasteiger charge is 2.25. The summed E-state index contributed by atoms with van der Waals surface area (Å²) in [7, 11) is 0. The highest BCUT2D eigenvalue weighted by molar-refractivity contribution is 4.54. The summed E-state index contributed by atoms with van der Waals surface area (Å²) in [4.78, 5) is 0. The average molecular weight is 460 g/mol. The number of hydrogen-bond donors (Lipinski definition) is 0. The number of hydrogen-bond acceptors (Lipinski definition) is 0. The first-order valence-electron chi connectivity index (χ1n) is 14.6. The van der Waals surface area contributed by atoms with Crippen LogP contribution < -0.4 is 12.4 Å². The maximum atomic E-state index is 2.34. The monoisotopic (exact) mass is 459 g/mol. The summed E-state index contributed by atoms with van der Waals surface area (Å²) in [6.45, 7) is 15.2. The Kier molecular flexibility index (Phi) is 28.6. The molecule has 0 rings (SSSR count). The Hall–Kier alpha value is 0.250. The van der Waals surface area contributed by atoms with Gasteiger partial charge in [-0.15, -0.1) is 0 Å². The molecule has 0 aromatic rings. The van der Waals surface area contributed by atoms with E-state index in [1.807, 2.05) is 0 Å². The zero-order chi connectivity index (χ0) is 22.2. The van der Waals surface area contributed by atoms with E-state index in [2.05, 4.69) is 27.7 Å². The molecule has 31 heavy (non-hydrogen) atoms. The zero-order valence-electron chi connectivity index (χ0n) is 22.5. The molecular formula is C29H62ClN. The summed E-state index contributed by atoms with van der Waals surface area (Å²) in [6, 6.07) is 0. The van der Waals surface area contributed by atoms with Gasteiger partial charge in [0.2, 0.25) is 0 Å². The van der Waals surface area contributed by atoms with Gasteiger partial charge in [-0.05, 0) is 51.4 Å². The molecule has 0 aliphatic carbocycles. The van der Waals surface area contributed by atoms with Gasteiger partial charge in [0.15, 0.2) is 0 Å². The standard InChI is InChI=1S/C29H62N.ClH/c1-5-9-13-17-21-25-29-30(26-22-18-14-10-6-2,27-23-19-15-11-7-3)28-24-20-16-12-8-4;/h5-29H2,1-4H3;1H/q+1;/p-1. The van der Waals surface area contributed by atoms with Crippen molar-refractivity contribution in [2.45, 2.75) is 163 Å². The van der Waals surface area contributed by atoms with Crippen molar-refractivity contribution >= 4 is 0 Å². The normalized spacial score (nSPS) is 11.6. The molecule has 0 aromatic carbocycles. The summed E-state index contributed by atoms with van der Waals surface area (Å²) in [6.07, 6.45) is 30.3. The average Bonchev–Trinajstić information content (AvgIpc) is 2.75. The van der Waals surface area contributed by atoms with Crippen LogP contribution in [0.1, 0.15) is 163 Å². The first-order valence-corrected chi connectivity index (χ1v) is 14.6. The predicted molar refractivity (Wildman–Crippen MR) is 139 cm³/mol. The first-order chi connectivity index (χ1) is 14.7. The van der Waals surface area contributed by atoms with Crippen LogP contribution in [0.2, 0.25) is 0 Å². The second-order valence-corrected chi connectivity index (χ2v) is 10.2.